The van der Waals surface area contributed by atoms with Crippen LogP contribution in [0, 0.1) is 6.92 Å². The van der Waals surface area contributed by atoms with Crippen LogP contribution in [0.4, 0.5) is 0 Å². The van der Waals surface area contributed by atoms with Crippen molar-refractivity contribution in [2.75, 3.05) is 13.6 Å². The van der Waals surface area contributed by atoms with Crippen LogP contribution >= 0.6 is 0 Å². The Kier molecular flexibility index (Phi) is 6.58. The number of pyridine rings is 1. The predicted molar refractivity (Wildman–Crippen MR) is 127 cm³/mol. The fourth-order valence-corrected chi connectivity index (χ4v) is 4.53. The molecule has 1 aromatic carbocycles. The van der Waals surface area contributed by atoms with Gasteiger partial charge in [0.25, 0.3) is 5.91 Å². The summed E-state index contributed by atoms with van der Waals surface area (Å²) in [6.45, 7) is 6.85. The number of amides is 1. The van der Waals surface area contributed by atoms with E-state index in [1.165, 1.54) is 5.56 Å². The first kappa shape index (κ1) is 22.4. The topological polar surface area (TPSA) is 75.1 Å². The molecule has 1 amide bonds. The third kappa shape index (κ3) is 4.54. The molecule has 0 aliphatic carbocycles. The maximum Gasteiger partial charge on any atom is 0.254 e. The molecule has 1 saturated heterocycles. The maximum absolute atomic E-state index is 13.4. The molecule has 7 nitrogen and oxygen atoms in total. The summed E-state index contributed by atoms with van der Waals surface area (Å²) in [5.74, 6) is 0.278. The molecule has 0 spiro atoms. The highest BCUT2D eigenvalue weighted by Gasteiger charge is 2.25. The number of carbonyl (C=O) groups is 1. The van der Waals surface area contributed by atoms with E-state index in [2.05, 4.69) is 54.1 Å². The molecule has 3 aromatic rings. The van der Waals surface area contributed by atoms with Crippen molar-refractivity contribution in [3.05, 3.63) is 58.9 Å². The zero-order valence-corrected chi connectivity index (χ0v) is 19.7. The van der Waals surface area contributed by atoms with E-state index >= 15 is 0 Å². The van der Waals surface area contributed by atoms with Crippen LogP contribution in [0.3, 0.4) is 0 Å². The lowest BCUT2D eigenvalue weighted by atomic mass is 9.99. The molecule has 3 heterocycles. The van der Waals surface area contributed by atoms with Crippen molar-refractivity contribution in [1.82, 2.24) is 30.5 Å². The van der Waals surface area contributed by atoms with Crippen LogP contribution in [0.5, 0.6) is 0 Å². The highest BCUT2D eigenvalue weighted by atomic mass is 16.2. The van der Waals surface area contributed by atoms with E-state index in [1.807, 2.05) is 38.1 Å². The first-order valence-corrected chi connectivity index (χ1v) is 11.5. The van der Waals surface area contributed by atoms with Gasteiger partial charge in [0, 0.05) is 38.4 Å². The normalized spacial score (nSPS) is 18.6. The van der Waals surface area contributed by atoms with E-state index in [4.69, 9.17) is 4.98 Å². The first-order chi connectivity index (χ1) is 15.3. The van der Waals surface area contributed by atoms with Crippen molar-refractivity contribution >= 4 is 16.9 Å². The number of nitrogens with one attached hydrogen (secondary N) is 2. The summed E-state index contributed by atoms with van der Waals surface area (Å²) >= 11 is 0. The molecule has 0 radical (unpaired) electrons. The Balaban J connectivity index is 1.40. The second kappa shape index (κ2) is 9.38. The molecular formula is C25H34N6O. The van der Waals surface area contributed by atoms with Gasteiger partial charge in [-0.1, -0.05) is 44.2 Å². The van der Waals surface area contributed by atoms with Gasteiger partial charge in [-0.15, -0.1) is 0 Å². The Morgan fingerprint density at radius 1 is 1.25 bits per heavy atom. The van der Waals surface area contributed by atoms with Gasteiger partial charge in [-0.05, 0) is 43.7 Å². The summed E-state index contributed by atoms with van der Waals surface area (Å²) in [6.07, 6.45) is 3.02. The Bertz CT molecular complexity index is 1090. The Labute approximate surface area is 190 Å². The van der Waals surface area contributed by atoms with Gasteiger partial charge in [0.05, 0.1) is 16.6 Å². The summed E-state index contributed by atoms with van der Waals surface area (Å²) in [5, 5.41) is 5.37. The number of rotatable bonds is 7. The highest BCUT2D eigenvalue weighted by molar-refractivity contribution is 6.06. The minimum atomic E-state index is 0.0371. The number of aromatic nitrogens is 3. The molecule has 32 heavy (non-hydrogen) atoms. The molecule has 2 atom stereocenters. The van der Waals surface area contributed by atoms with Crippen LogP contribution in [0.25, 0.3) is 11.0 Å². The van der Waals surface area contributed by atoms with Gasteiger partial charge in [0.2, 0.25) is 0 Å². The zero-order valence-electron chi connectivity index (χ0n) is 19.7. The number of nitrogens with zero attached hydrogens (tertiary/aromatic N) is 4. The van der Waals surface area contributed by atoms with Gasteiger partial charge in [0.1, 0.15) is 0 Å². The lowest BCUT2D eigenvalue weighted by Crippen LogP contribution is -2.32. The van der Waals surface area contributed by atoms with Crippen molar-refractivity contribution in [2.24, 2.45) is 7.05 Å². The van der Waals surface area contributed by atoms with Crippen molar-refractivity contribution in [2.45, 2.75) is 58.0 Å². The predicted octanol–water partition coefficient (Wildman–Crippen LogP) is 3.86. The minimum absolute atomic E-state index is 0.0371. The van der Waals surface area contributed by atoms with E-state index in [0.29, 0.717) is 24.2 Å². The molecule has 4 rings (SSSR count). The first-order valence-electron chi connectivity index (χ1n) is 11.5. The molecule has 1 aliphatic rings. The molecule has 7 heteroatoms. The number of hydrazine groups is 1. The molecule has 2 unspecified atom stereocenters. The molecule has 2 N–H and O–H groups in total. The SMILES string of the molecule is Cc1nn(C)c2nc(C(C)C)cc(C(=O)N(C)CCCC3CC(c4ccccc4)NN3)c12. The van der Waals surface area contributed by atoms with Crippen LogP contribution in [0.15, 0.2) is 36.4 Å². The van der Waals surface area contributed by atoms with E-state index in [-0.39, 0.29) is 11.8 Å². The number of aryl methyl sites for hydroxylation is 2. The van der Waals surface area contributed by atoms with Gasteiger partial charge >= 0.3 is 0 Å². The molecule has 0 saturated carbocycles. The monoisotopic (exact) mass is 434 g/mol. The Hall–Kier alpha value is -2.77. The van der Waals surface area contributed by atoms with Crippen molar-refractivity contribution in [3.8, 4) is 0 Å². The van der Waals surface area contributed by atoms with E-state index < -0.39 is 0 Å². The number of fused-ring (bicyclic) bond motifs is 1. The zero-order chi connectivity index (χ0) is 22.8. The largest absolute Gasteiger partial charge is 0.342 e. The quantitative estimate of drug-likeness (QED) is 0.591. The fraction of sp³-hybridized carbons (Fsp3) is 0.480. The minimum Gasteiger partial charge on any atom is -0.342 e. The molecular weight excluding hydrogens is 400 g/mol. The lowest BCUT2D eigenvalue weighted by Gasteiger charge is -2.20. The van der Waals surface area contributed by atoms with Gasteiger partial charge in [0.15, 0.2) is 5.65 Å². The van der Waals surface area contributed by atoms with Crippen LogP contribution in [-0.2, 0) is 7.05 Å². The summed E-state index contributed by atoms with van der Waals surface area (Å²) in [6, 6.07) is 13.2. The Morgan fingerprint density at radius 2 is 2.00 bits per heavy atom. The summed E-state index contributed by atoms with van der Waals surface area (Å²) < 4.78 is 1.77. The van der Waals surface area contributed by atoms with Gasteiger partial charge in [-0.2, -0.15) is 5.10 Å². The summed E-state index contributed by atoms with van der Waals surface area (Å²) in [5.41, 5.74) is 11.4. The highest BCUT2D eigenvalue weighted by Crippen LogP contribution is 2.27. The Morgan fingerprint density at radius 3 is 2.72 bits per heavy atom. The van der Waals surface area contributed by atoms with Crippen LogP contribution in [-0.4, -0.2) is 45.2 Å². The average Bonchev–Trinajstić information content (AvgIpc) is 3.37. The number of hydrogen-bond acceptors (Lipinski definition) is 5. The van der Waals surface area contributed by atoms with E-state index in [1.54, 1.807) is 4.68 Å². The smallest absolute Gasteiger partial charge is 0.254 e. The maximum atomic E-state index is 13.4. The van der Waals surface area contributed by atoms with E-state index in [0.717, 1.165) is 41.7 Å². The second-order valence-corrected chi connectivity index (χ2v) is 9.21. The molecule has 1 fully saturated rings. The second-order valence-electron chi connectivity index (χ2n) is 9.21. The molecule has 1 aliphatic heterocycles. The fourth-order valence-electron chi connectivity index (χ4n) is 4.53. The standard InChI is InChI=1S/C25H34N6O/c1-16(2)21-15-20(23-17(3)29-31(5)24(23)26-21)25(32)30(4)13-9-12-19-14-22(28-27-19)18-10-7-6-8-11-18/h6-8,10-11,15-16,19,22,27-28H,9,12-14H2,1-5H3. The third-order valence-corrected chi connectivity index (χ3v) is 6.39. The molecule has 2 aromatic heterocycles. The van der Waals surface area contributed by atoms with E-state index in [9.17, 15) is 4.79 Å². The third-order valence-electron chi connectivity index (χ3n) is 6.39. The number of hydrogen-bond donors (Lipinski definition) is 2. The average molecular weight is 435 g/mol. The lowest BCUT2D eigenvalue weighted by molar-refractivity contribution is 0.0793. The van der Waals surface area contributed by atoms with Crippen LogP contribution in [0.1, 0.15) is 72.4 Å². The summed E-state index contributed by atoms with van der Waals surface area (Å²) in [4.78, 5) is 20.0. The van der Waals surface area contributed by atoms with Gasteiger partial charge < -0.3 is 4.90 Å². The summed E-state index contributed by atoms with van der Waals surface area (Å²) in [7, 11) is 3.78. The number of carbonyl (C=O) groups excluding carboxylic acids is 1. The molecule has 170 valence electrons. The number of benzene rings is 1. The van der Waals surface area contributed by atoms with Crippen molar-refractivity contribution < 1.29 is 4.79 Å². The molecule has 0 bridgehead atoms. The van der Waals surface area contributed by atoms with Gasteiger partial charge in [-0.3, -0.25) is 20.3 Å². The van der Waals surface area contributed by atoms with Crippen LogP contribution in [0.2, 0.25) is 0 Å². The van der Waals surface area contributed by atoms with Gasteiger partial charge in [-0.25, -0.2) is 4.98 Å². The van der Waals surface area contributed by atoms with Crippen molar-refractivity contribution in [1.29, 1.82) is 0 Å². The van der Waals surface area contributed by atoms with Crippen molar-refractivity contribution in [3.63, 3.8) is 0 Å². The van der Waals surface area contributed by atoms with Crippen LogP contribution < -0.4 is 10.9 Å².